The van der Waals surface area contributed by atoms with Crippen LogP contribution in [0.3, 0.4) is 0 Å². The average molecular weight is 286 g/mol. The van der Waals surface area contributed by atoms with Gasteiger partial charge < -0.3 is 10.6 Å². The maximum atomic E-state index is 12.8. The van der Waals surface area contributed by atoms with Gasteiger partial charge in [0.1, 0.15) is 5.82 Å². The van der Waals surface area contributed by atoms with Crippen molar-refractivity contribution in [3.8, 4) is 0 Å². The summed E-state index contributed by atoms with van der Waals surface area (Å²) < 4.78 is 39.2. The molecule has 0 aromatic carbocycles. The lowest BCUT2D eigenvalue weighted by Crippen LogP contribution is -2.36. The van der Waals surface area contributed by atoms with Crippen LogP contribution in [0.25, 0.3) is 5.65 Å². The molecule has 1 atom stereocenters. The van der Waals surface area contributed by atoms with Crippen LogP contribution in [0.4, 0.5) is 19.0 Å². The Bertz CT molecular complexity index is 622. The molecule has 2 aromatic heterocycles. The molecule has 1 saturated heterocycles. The highest BCUT2D eigenvalue weighted by atomic mass is 19.4. The number of anilines is 1. The molecular weight excluding hydrogens is 273 g/mol. The fourth-order valence-electron chi connectivity index (χ4n) is 2.49. The number of fused-ring (bicyclic) bond motifs is 1. The van der Waals surface area contributed by atoms with E-state index in [-0.39, 0.29) is 11.7 Å². The standard InChI is InChI=1S/C11H13F3N6/c12-11(13,14)10-17-16-8-3-4-9(18-20(8)10)19-5-1-2-7(19)6-15/h3-4,7H,1-2,5-6,15H2. The van der Waals surface area contributed by atoms with Gasteiger partial charge in [0.05, 0.1) is 0 Å². The normalized spacial score (nSPS) is 20.0. The summed E-state index contributed by atoms with van der Waals surface area (Å²) in [6.45, 7) is 1.19. The highest BCUT2D eigenvalue weighted by Crippen LogP contribution is 2.29. The SMILES string of the molecule is NCC1CCCN1c1ccc2nnc(C(F)(F)F)n2n1. The molecule has 9 heteroatoms. The Hall–Kier alpha value is -1.90. The molecule has 0 aliphatic carbocycles. The Labute approximate surface area is 112 Å². The van der Waals surface area contributed by atoms with Gasteiger partial charge in [-0.25, -0.2) is 0 Å². The quantitative estimate of drug-likeness (QED) is 0.894. The van der Waals surface area contributed by atoms with E-state index in [1.54, 1.807) is 6.07 Å². The molecular formula is C11H13F3N6. The summed E-state index contributed by atoms with van der Waals surface area (Å²) in [4.78, 5) is 1.93. The zero-order chi connectivity index (χ0) is 14.3. The highest BCUT2D eigenvalue weighted by Gasteiger charge is 2.38. The summed E-state index contributed by atoms with van der Waals surface area (Å²) in [5.41, 5.74) is 5.75. The van der Waals surface area contributed by atoms with E-state index in [4.69, 9.17) is 5.73 Å². The van der Waals surface area contributed by atoms with Crippen molar-refractivity contribution in [1.29, 1.82) is 0 Å². The number of halogens is 3. The van der Waals surface area contributed by atoms with Crippen LogP contribution in [-0.2, 0) is 6.18 Å². The van der Waals surface area contributed by atoms with Crippen molar-refractivity contribution in [3.63, 3.8) is 0 Å². The largest absolute Gasteiger partial charge is 0.453 e. The molecule has 1 aliphatic heterocycles. The van der Waals surface area contributed by atoms with Crippen molar-refractivity contribution >= 4 is 11.5 Å². The van der Waals surface area contributed by atoms with E-state index < -0.39 is 12.0 Å². The molecule has 6 nitrogen and oxygen atoms in total. The van der Waals surface area contributed by atoms with E-state index in [1.165, 1.54) is 6.07 Å². The number of rotatable bonds is 2. The Kier molecular flexibility index (Phi) is 3.00. The van der Waals surface area contributed by atoms with Crippen LogP contribution in [-0.4, -0.2) is 38.9 Å². The maximum Gasteiger partial charge on any atom is 0.453 e. The monoisotopic (exact) mass is 286 g/mol. The third kappa shape index (κ3) is 2.07. The fraction of sp³-hybridized carbons (Fsp3) is 0.545. The zero-order valence-corrected chi connectivity index (χ0v) is 10.5. The van der Waals surface area contributed by atoms with Gasteiger partial charge in [0.2, 0.25) is 0 Å². The topological polar surface area (TPSA) is 72.3 Å². The van der Waals surface area contributed by atoms with Crippen LogP contribution in [0, 0.1) is 0 Å². The van der Waals surface area contributed by atoms with Crippen molar-refractivity contribution in [2.75, 3.05) is 18.0 Å². The Morgan fingerprint density at radius 1 is 1.30 bits per heavy atom. The first-order valence-electron chi connectivity index (χ1n) is 6.27. The molecule has 3 rings (SSSR count). The van der Waals surface area contributed by atoms with E-state index in [9.17, 15) is 13.2 Å². The van der Waals surface area contributed by atoms with Gasteiger partial charge in [0.15, 0.2) is 5.65 Å². The minimum Gasteiger partial charge on any atom is -0.351 e. The first kappa shape index (κ1) is 13.1. The third-order valence-electron chi connectivity index (χ3n) is 3.45. The molecule has 1 aliphatic rings. The van der Waals surface area contributed by atoms with E-state index >= 15 is 0 Å². The average Bonchev–Trinajstić information content (AvgIpc) is 3.03. The molecule has 1 unspecified atom stereocenters. The predicted octanol–water partition coefficient (Wildman–Crippen LogP) is 1.07. The minimum absolute atomic E-state index is 0.0737. The fourth-order valence-corrected chi connectivity index (χ4v) is 2.49. The maximum absolute atomic E-state index is 12.8. The van der Waals surface area contributed by atoms with Gasteiger partial charge in [-0.05, 0) is 25.0 Å². The lowest BCUT2D eigenvalue weighted by molar-refractivity contribution is -0.146. The zero-order valence-electron chi connectivity index (χ0n) is 10.5. The first-order valence-corrected chi connectivity index (χ1v) is 6.27. The molecule has 0 spiro atoms. The molecule has 1 fully saturated rings. The third-order valence-corrected chi connectivity index (χ3v) is 3.45. The molecule has 0 amide bonds. The van der Waals surface area contributed by atoms with Gasteiger partial charge in [0.25, 0.3) is 5.82 Å². The van der Waals surface area contributed by atoms with E-state index in [0.717, 1.165) is 23.9 Å². The molecule has 108 valence electrons. The van der Waals surface area contributed by atoms with Crippen molar-refractivity contribution in [3.05, 3.63) is 18.0 Å². The summed E-state index contributed by atoms with van der Waals surface area (Å²) in [5.74, 6) is -0.645. The van der Waals surface area contributed by atoms with Crippen LogP contribution < -0.4 is 10.6 Å². The number of hydrogen-bond donors (Lipinski definition) is 1. The first-order chi connectivity index (χ1) is 9.50. The number of nitrogens with zero attached hydrogens (tertiary/aromatic N) is 5. The summed E-state index contributed by atoms with van der Waals surface area (Å²) in [5, 5.41) is 10.7. The highest BCUT2D eigenvalue weighted by molar-refractivity contribution is 5.47. The minimum atomic E-state index is -4.58. The Morgan fingerprint density at radius 3 is 2.80 bits per heavy atom. The van der Waals surface area contributed by atoms with Gasteiger partial charge in [-0.1, -0.05) is 0 Å². The molecule has 20 heavy (non-hydrogen) atoms. The van der Waals surface area contributed by atoms with Gasteiger partial charge in [-0.15, -0.1) is 15.3 Å². The van der Waals surface area contributed by atoms with Gasteiger partial charge >= 0.3 is 6.18 Å². The van der Waals surface area contributed by atoms with Crippen LogP contribution in [0.5, 0.6) is 0 Å². The predicted molar refractivity (Wildman–Crippen MR) is 65.2 cm³/mol. The van der Waals surface area contributed by atoms with Gasteiger partial charge in [-0.3, -0.25) is 0 Å². The second kappa shape index (κ2) is 4.58. The molecule has 0 radical (unpaired) electrons. The molecule has 2 aromatic rings. The Morgan fingerprint density at radius 2 is 2.10 bits per heavy atom. The number of hydrogen-bond acceptors (Lipinski definition) is 5. The lowest BCUT2D eigenvalue weighted by atomic mass is 10.2. The summed E-state index contributed by atoms with van der Waals surface area (Å²) >= 11 is 0. The molecule has 0 bridgehead atoms. The molecule has 2 N–H and O–H groups in total. The number of nitrogens with two attached hydrogens (primary N) is 1. The van der Waals surface area contributed by atoms with Crippen LogP contribution in [0.2, 0.25) is 0 Å². The molecule has 3 heterocycles. The van der Waals surface area contributed by atoms with Crippen LogP contribution in [0.1, 0.15) is 18.7 Å². The smallest absolute Gasteiger partial charge is 0.351 e. The van der Waals surface area contributed by atoms with E-state index in [2.05, 4.69) is 15.3 Å². The van der Waals surface area contributed by atoms with Gasteiger partial charge in [0, 0.05) is 19.1 Å². The van der Waals surface area contributed by atoms with E-state index in [0.29, 0.717) is 12.4 Å². The van der Waals surface area contributed by atoms with Crippen LogP contribution >= 0.6 is 0 Å². The second-order valence-corrected chi connectivity index (χ2v) is 4.71. The van der Waals surface area contributed by atoms with Crippen LogP contribution in [0.15, 0.2) is 12.1 Å². The van der Waals surface area contributed by atoms with Gasteiger partial charge in [-0.2, -0.15) is 17.7 Å². The van der Waals surface area contributed by atoms with E-state index in [1.807, 2.05) is 4.90 Å². The molecule has 0 saturated carbocycles. The second-order valence-electron chi connectivity index (χ2n) is 4.71. The van der Waals surface area contributed by atoms with Crippen molar-refractivity contribution < 1.29 is 13.2 Å². The Balaban J connectivity index is 2.05. The summed E-state index contributed by atoms with van der Waals surface area (Å²) in [6, 6.07) is 3.25. The summed E-state index contributed by atoms with van der Waals surface area (Å²) in [6.07, 6.45) is -2.70. The summed E-state index contributed by atoms with van der Waals surface area (Å²) in [7, 11) is 0. The van der Waals surface area contributed by atoms with Crippen molar-refractivity contribution in [2.24, 2.45) is 5.73 Å². The number of alkyl halides is 3. The van der Waals surface area contributed by atoms with Crippen molar-refractivity contribution in [1.82, 2.24) is 19.8 Å². The lowest BCUT2D eigenvalue weighted by Gasteiger charge is -2.24. The van der Waals surface area contributed by atoms with Crippen molar-refractivity contribution in [2.45, 2.75) is 25.1 Å². The number of aromatic nitrogens is 4.